The van der Waals surface area contributed by atoms with Gasteiger partial charge in [0.05, 0.1) is 0 Å². The van der Waals surface area contributed by atoms with Gasteiger partial charge in [-0.3, -0.25) is 0 Å². The van der Waals surface area contributed by atoms with Crippen LogP contribution in [0.2, 0.25) is 0 Å². The summed E-state index contributed by atoms with van der Waals surface area (Å²) < 4.78 is 0. The molecule has 0 saturated heterocycles. The van der Waals surface area contributed by atoms with Crippen molar-refractivity contribution < 1.29 is 5.11 Å². The molecule has 1 radical (unpaired) electrons. The SMILES string of the molecule is Cc1ccccc1O.[Na]. The van der Waals surface area contributed by atoms with Gasteiger partial charge in [-0.05, 0) is 18.6 Å². The summed E-state index contributed by atoms with van der Waals surface area (Å²) in [6.45, 7) is 1.87. The van der Waals surface area contributed by atoms with Gasteiger partial charge < -0.3 is 5.11 Å². The quantitative estimate of drug-likeness (QED) is 0.526. The average Bonchev–Trinajstić information content (AvgIpc) is 1.77. The van der Waals surface area contributed by atoms with Crippen molar-refractivity contribution in [1.82, 2.24) is 0 Å². The average molecular weight is 131 g/mol. The Morgan fingerprint density at radius 1 is 1.22 bits per heavy atom. The van der Waals surface area contributed by atoms with E-state index in [1.54, 1.807) is 6.07 Å². The van der Waals surface area contributed by atoms with Gasteiger partial charge in [0.2, 0.25) is 0 Å². The van der Waals surface area contributed by atoms with E-state index < -0.39 is 0 Å². The van der Waals surface area contributed by atoms with E-state index in [0.717, 1.165) is 5.56 Å². The van der Waals surface area contributed by atoms with Crippen molar-refractivity contribution in [2.75, 3.05) is 0 Å². The topological polar surface area (TPSA) is 20.2 Å². The number of hydrogen-bond donors (Lipinski definition) is 1. The Morgan fingerprint density at radius 3 is 2.11 bits per heavy atom. The summed E-state index contributed by atoms with van der Waals surface area (Å²) in [6.07, 6.45) is 0. The predicted octanol–water partition coefficient (Wildman–Crippen LogP) is 1.32. The molecule has 0 fully saturated rings. The number of para-hydroxylation sites is 1. The summed E-state index contributed by atoms with van der Waals surface area (Å²) in [7, 11) is 0. The molecule has 1 rings (SSSR count). The molecule has 9 heavy (non-hydrogen) atoms. The van der Waals surface area contributed by atoms with Gasteiger partial charge in [0.15, 0.2) is 0 Å². The van der Waals surface area contributed by atoms with Gasteiger partial charge in [-0.15, -0.1) is 0 Å². The van der Waals surface area contributed by atoms with E-state index in [1.807, 2.05) is 25.1 Å². The second-order valence-corrected chi connectivity index (χ2v) is 1.79. The molecular formula is C7H8NaO. The number of benzene rings is 1. The summed E-state index contributed by atoms with van der Waals surface area (Å²) in [4.78, 5) is 0. The molecule has 0 unspecified atom stereocenters. The normalized spacial score (nSPS) is 8.11. The molecule has 0 aliphatic rings. The molecule has 0 aliphatic carbocycles. The van der Waals surface area contributed by atoms with Gasteiger partial charge in [-0.2, -0.15) is 0 Å². The van der Waals surface area contributed by atoms with Crippen LogP contribution in [0.1, 0.15) is 5.56 Å². The first-order chi connectivity index (χ1) is 3.80. The fourth-order valence-electron chi connectivity index (χ4n) is 0.563. The van der Waals surface area contributed by atoms with Crippen LogP contribution in [-0.4, -0.2) is 34.7 Å². The molecule has 1 aromatic carbocycles. The van der Waals surface area contributed by atoms with Crippen LogP contribution in [0.15, 0.2) is 24.3 Å². The third-order valence-electron chi connectivity index (χ3n) is 1.12. The Hall–Kier alpha value is 0.0200. The fourth-order valence-corrected chi connectivity index (χ4v) is 0.563. The molecule has 1 aromatic rings. The van der Waals surface area contributed by atoms with Crippen molar-refractivity contribution in [3.05, 3.63) is 29.8 Å². The summed E-state index contributed by atoms with van der Waals surface area (Å²) >= 11 is 0. The summed E-state index contributed by atoms with van der Waals surface area (Å²) in [6, 6.07) is 7.25. The van der Waals surface area contributed by atoms with E-state index in [9.17, 15) is 0 Å². The zero-order chi connectivity index (χ0) is 5.98. The van der Waals surface area contributed by atoms with Gasteiger partial charge in [-0.25, -0.2) is 0 Å². The van der Waals surface area contributed by atoms with Crippen LogP contribution in [0, 0.1) is 6.92 Å². The number of aryl methyl sites for hydroxylation is 1. The van der Waals surface area contributed by atoms with Crippen LogP contribution in [0.3, 0.4) is 0 Å². The second kappa shape index (κ2) is 3.94. The van der Waals surface area contributed by atoms with Gasteiger partial charge in [-0.1, -0.05) is 18.2 Å². The van der Waals surface area contributed by atoms with Crippen molar-refractivity contribution in [3.8, 4) is 5.75 Å². The first-order valence-corrected chi connectivity index (χ1v) is 2.55. The van der Waals surface area contributed by atoms with Gasteiger partial charge >= 0.3 is 0 Å². The van der Waals surface area contributed by atoms with Crippen molar-refractivity contribution in [2.24, 2.45) is 0 Å². The van der Waals surface area contributed by atoms with Crippen LogP contribution in [0.4, 0.5) is 0 Å². The molecule has 43 valence electrons. The van der Waals surface area contributed by atoms with Crippen LogP contribution in [0.25, 0.3) is 0 Å². The molecule has 0 spiro atoms. The van der Waals surface area contributed by atoms with E-state index in [1.165, 1.54) is 0 Å². The largest absolute Gasteiger partial charge is 0.508 e. The predicted molar refractivity (Wildman–Crippen MR) is 38.6 cm³/mol. The van der Waals surface area contributed by atoms with Gasteiger partial charge in [0.25, 0.3) is 0 Å². The van der Waals surface area contributed by atoms with E-state index in [2.05, 4.69) is 0 Å². The van der Waals surface area contributed by atoms with Gasteiger partial charge in [0, 0.05) is 29.6 Å². The maximum Gasteiger partial charge on any atom is 0.118 e. The standard InChI is InChI=1S/C7H8O.Na/c1-6-4-2-3-5-7(6)8;/h2-5,8H,1H3;. The molecule has 0 heterocycles. The van der Waals surface area contributed by atoms with Crippen LogP contribution in [0.5, 0.6) is 5.75 Å². The number of rotatable bonds is 0. The molecule has 0 atom stereocenters. The molecule has 0 aromatic heterocycles. The Labute approximate surface area is 77.0 Å². The minimum Gasteiger partial charge on any atom is -0.508 e. The van der Waals surface area contributed by atoms with Crippen LogP contribution in [-0.2, 0) is 0 Å². The third-order valence-corrected chi connectivity index (χ3v) is 1.12. The number of aromatic hydroxyl groups is 1. The molecular weight excluding hydrogens is 123 g/mol. The summed E-state index contributed by atoms with van der Waals surface area (Å²) in [5.74, 6) is 0.368. The first-order valence-electron chi connectivity index (χ1n) is 2.55. The Bertz CT molecular complexity index is 165. The number of phenols is 1. The first kappa shape index (κ1) is 9.02. The van der Waals surface area contributed by atoms with E-state index in [-0.39, 0.29) is 29.6 Å². The summed E-state index contributed by atoms with van der Waals surface area (Å²) in [5.41, 5.74) is 0.924. The molecule has 0 aliphatic heterocycles. The zero-order valence-electron chi connectivity index (χ0n) is 5.76. The van der Waals surface area contributed by atoms with Crippen LogP contribution < -0.4 is 0 Å². The zero-order valence-corrected chi connectivity index (χ0v) is 7.76. The van der Waals surface area contributed by atoms with Crippen molar-refractivity contribution in [3.63, 3.8) is 0 Å². The Morgan fingerprint density at radius 2 is 1.78 bits per heavy atom. The van der Waals surface area contributed by atoms with Gasteiger partial charge in [0.1, 0.15) is 5.75 Å². The van der Waals surface area contributed by atoms with Crippen molar-refractivity contribution in [1.29, 1.82) is 0 Å². The van der Waals surface area contributed by atoms with E-state index in [4.69, 9.17) is 5.11 Å². The van der Waals surface area contributed by atoms with Crippen molar-refractivity contribution in [2.45, 2.75) is 6.92 Å². The minimum atomic E-state index is 0. The Kier molecular flexibility index (Phi) is 3.95. The minimum absolute atomic E-state index is 0. The van der Waals surface area contributed by atoms with Crippen LogP contribution >= 0.6 is 0 Å². The third kappa shape index (κ3) is 2.39. The van der Waals surface area contributed by atoms with E-state index >= 15 is 0 Å². The smallest absolute Gasteiger partial charge is 0.118 e. The monoisotopic (exact) mass is 131 g/mol. The molecule has 1 nitrogen and oxygen atoms in total. The molecule has 1 N–H and O–H groups in total. The maximum atomic E-state index is 8.92. The molecule has 0 bridgehead atoms. The summed E-state index contributed by atoms with van der Waals surface area (Å²) in [5, 5.41) is 8.92. The Balaban J connectivity index is 0.000000640. The van der Waals surface area contributed by atoms with Crippen molar-refractivity contribution >= 4 is 29.6 Å². The molecule has 0 amide bonds. The number of hydrogen-bond acceptors (Lipinski definition) is 1. The number of phenolic OH excluding ortho intramolecular Hbond substituents is 1. The molecule has 0 saturated carbocycles. The molecule has 2 heteroatoms. The maximum absolute atomic E-state index is 8.92. The van der Waals surface area contributed by atoms with E-state index in [0.29, 0.717) is 5.75 Å². The second-order valence-electron chi connectivity index (χ2n) is 1.79. The fraction of sp³-hybridized carbons (Fsp3) is 0.143.